The number of hydrogen-bond acceptors (Lipinski definition) is 5. The molecule has 2 aromatic rings. The van der Waals surface area contributed by atoms with E-state index in [1.54, 1.807) is 13.1 Å². The topological polar surface area (TPSA) is 84.6 Å². The fourth-order valence-electron chi connectivity index (χ4n) is 2.79. The number of fused-ring (bicyclic) bond motifs is 1. The minimum Gasteiger partial charge on any atom is -0.408 e. The summed E-state index contributed by atoms with van der Waals surface area (Å²) in [6, 6.07) is 4.46. The van der Waals surface area contributed by atoms with Crippen LogP contribution >= 0.6 is 0 Å². The fraction of sp³-hybridized carbons (Fsp3) is 0.500. The SMILES string of the molecule is CN1CCC(CNS(=O)(=O)c2ccc3c(c2)oc(=O)n3C)C1. The van der Waals surface area contributed by atoms with E-state index in [-0.39, 0.29) is 10.5 Å². The van der Waals surface area contributed by atoms with Crippen molar-refractivity contribution in [1.82, 2.24) is 14.2 Å². The third-order valence-corrected chi connectivity index (χ3v) is 5.55. The number of aromatic nitrogens is 1. The summed E-state index contributed by atoms with van der Waals surface area (Å²) in [6.45, 7) is 2.31. The highest BCUT2D eigenvalue weighted by Gasteiger charge is 2.23. The maximum absolute atomic E-state index is 12.4. The van der Waals surface area contributed by atoms with Crippen molar-refractivity contribution < 1.29 is 12.8 Å². The normalized spacial score (nSPS) is 20.0. The van der Waals surface area contributed by atoms with E-state index in [1.807, 2.05) is 7.05 Å². The summed E-state index contributed by atoms with van der Waals surface area (Å²) in [7, 11) is 0.00806. The van der Waals surface area contributed by atoms with E-state index in [9.17, 15) is 13.2 Å². The lowest BCUT2D eigenvalue weighted by atomic mass is 10.1. The van der Waals surface area contributed by atoms with Crippen molar-refractivity contribution in [3.05, 3.63) is 28.7 Å². The molecule has 1 N–H and O–H groups in total. The van der Waals surface area contributed by atoms with Gasteiger partial charge in [-0.3, -0.25) is 4.57 Å². The molecule has 0 spiro atoms. The van der Waals surface area contributed by atoms with Gasteiger partial charge in [0.05, 0.1) is 10.4 Å². The van der Waals surface area contributed by atoms with Gasteiger partial charge in [0, 0.05) is 26.2 Å². The van der Waals surface area contributed by atoms with Gasteiger partial charge in [0.15, 0.2) is 5.58 Å². The van der Waals surface area contributed by atoms with Crippen LogP contribution in [0.5, 0.6) is 0 Å². The minimum absolute atomic E-state index is 0.112. The number of likely N-dealkylation sites (tertiary alicyclic amines) is 1. The van der Waals surface area contributed by atoms with E-state index in [4.69, 9.17) is 4.42 Å². The highest BCUT2D eigenvalue weighted by molar-refractivity contribution is 7.89. The molecule has 0 aliphatic carbocycles. The number of rotatable bonds is 4. The van der Waals surface area contributed by atoms with Crippen LogP contribution in [0.25, 0.3) is 11.1 Å². The number of benzene rings is 1. The molecule has 1 aromatic heterocycles. The molecule has 1 atom stereocenters. The Morgan fingerprint density at radius 1 is 1.36 bits per heavy atom. The van der Waals surface area contributed by atoms with Crippen LogP contribution in [-0.4, -0.2) is 44.6 Å². The maximum atomic E-state index is 12.4. The van der Waals surface area contributed by atoms with Crippen molar-refractivity contribution in [3.8, 4) is 0 Å². The zero-order valence-electron chi connectivity index (χ0n) is 12.6. The molecule has 1 unspecified atom stereocenters. The molecule has 3 rings (SSSR count). The molecule has 2 heterocycles. The highest BCUT2D eigenvalue weighted by Crippen LogP contribution is 2.19. The first-order valence-corrected chi connectivity index (χ1v) is 8.63. The molecule has 7 nitrogen and oxygen atoms in total. The van der Waals surface area contributed by atoms with Crippen molar-refractivity contribution in [1.29, 1.82) is 0 Å². The zero-order chi connectivity index (χ0) is 15.9. The second kappa shape index (κ2) is 5.53. The predicted octanol–water partition coefficient (Wildman–Crippen LogP) is 0.361. The molecule has 0 bridgehead atoms. The smallest absolute Gasteiger partial charge is 0.408 e. The Bertz CT molecular complexity index is 853. The van der Waals surface area contributed by atoms with Crippen molar-refractivity contribution in [2.24, 2.45) is 13.0 Å². The molecule has 1 saturated heterocycles. The van der Waals surface area contributed by atoms with Gasteiger partial charge >= 0.3 is 5.76 Å². The summed E-state index contributed by atoms with van der Waals surface area (Å²) in [4.78, 5) is 13.8. The van der Waals surface area contributed by atoms with Crippen molar-refractivity contribution >= 4 is 21.1 Å². The first kappa shape index (κ1) is 15.3. The maximum Gasteiger partial charge on any atom is 0.419 e. The van der Waals surface area contributed by atoms with E-state index in [0.29, 0.717) is 18.0 Å². The summed E-state index contributed by atoms with van der Waals surface area (Å²) in [5, 5.41) is 0. The monoisotopic (exact) mass is 325 g/mol. The molecule has 0 radical (unpaired) electrons. The van der Waals surface area contributed by atoms with Crippen LogP contribution in [0.15, 0.2) is 32.3 Å². The number of nitrogens with zero attached hydrogens (tertiary/aromatic N) is 2. The number of hydrogen-bond donors (Lipinski definition) is 1. The van der Waals surface area contributed by atoms with E-state index in [1.165, 1.54) is 16.7 Å². The summed E-state index contributed by atoms with van der Waals surface area (Å²) >= 11 is 0. The van der Waals surface area contributed by atoms with Gasteiger partial charge in [0.1, 0.15) is 0 Å². The highest BCUT2D eigenvalue weighted by atomic mass is 32.2. The van der Waals surface area contributed by atoms with Crippen LogP contribution in [0.3, 0.4) is 0 Å². The molecule has 120 valence electrons. The summed E-state index contributed by atoms with van der Waals surface area (Å²) in [5.41, 5.74) is 0.845. The lowest BCUT2D eigenvalue weighted by Crippen LogP contribution is -2.30. The third kappa shape index (κ3) is 2.81. The van der Waals surface area contributed by atoms with Gasteiger partial charge in [0.2, 0.25) is 10.0 Å². The van der Waals surface area contributed by atoms with Crippen LogP contribution in [0.2, 0.25) is 0 Å². The molecule has 1 aromatic carbocycles. The van der Waals surface area contributed by atoms with Gasteiger partial charge in [-0.25, -0.2) is 17.9 Å². The average molecular weight is 325 g/mol. The molecule has 22 heavy (non-hydrogen) atoms. The molecule has 1 fully saturated rings. The number of aryl methyl sites for hydroxylation is 1. The van der Waals surface area contributed by atoms with Gasteiger partial charge in [-0.15, -0.1) is 0 Å². The second-order valence-electron chi connectivity index (χ2n) is 5.83. The van der Waals surface area contributed by atoms with E-state index < -0.39 is 15.8 Å². The standard InChI is InChI=1S/C14H19N3O4S/c1-16-6-5-10(9-16)8-15-22(19,20)11-3-4-12-13(7-11)21-14(18)17(12)2/h3-4,7,10,15H,5-6,8-9H2,1-2H3. The molecular weight excluding hydrogens is 306 g/mol. The van der Waals surface area contributed by atoms with E-state index in [2.05, 4.69) is 9.62 Å². The Morgan fingerprint density at radius 2 is 2.14 bits per heavy atom. The van der Waals surface area contributed by atoms with Crippen molar-refractivity contribution in [3.63, 3.8) is 0 Å². The predicted molar refractivity (Wildman–Crippen MR) is 82.2 cm³/mol. The molecule has 1 aliphatic heterocycles. The third-order valence-electron chi connectivity index (χ3n) is 4.13. The lowest BCUT2D eigenvalue weighted by molar-refractivity contribution is 0.394. The average Bonchev–Trinajstić information content (AvgIpc) is 3.01. The quantitative estimate of drug-likeness (QED) is 0.877. The van der Waals surface area contributed by atoms with Crippen LogP contribution in [0.4, 0.5) is 0 Å². The van der Waals surface area contributed by atoms with E-state index >= 15 is 0 Å². The largest absolute Gasteiger partial charge is 0.419 e. The summed E-state index contributed by atoms with van der Waals surface area (Å²) in [5.74, 6) is -0.176. The van der Waals surface area contributed by atoms with Crippen molar-refractivity contribution in [2.75, 3.05) is 26.7 Å². The van der Waals surface area contributed by atoms with Crippen LogP contribution in [0, 0.1) is 5.92 Å². The minimum atomic E-state index is -3.60. The van der Waals surface area contributed by atoms with Gasteiger partial charge in [-0.1, -0.05) is 0 Å². The molecule has 1 aliphatic rings. The number of sulfonamides is 1. The lowest BCUT2D eigenvalue weighted by Gasteiger charge is -2.12. The Balaban J connectivity index is 1.81. The number of nitrogens with one attached hydrogen (secondary N) is 1. The molecule has 8 heteroatoms. The number of oxazole rings is 1. The van der Waals surface area contributed by atoms with Crippen LogP contribution in [-0.2, 0) is 17.1 Å². The van der Waals surface area contributed by atoms with E-state index in [0.717, 1.165) is 19.5 Å². The molecule has 0 saturated carbocycles. The Hall–Kier alpha value is -1.64. The van der Waals surface area contributed by atoms with Gasteiger partial charge < -0.3 is 9.32 Å². The van der Waals surface area contributed by atoms with Gasteiger partial charge in [-0.2, -0.15) is 0 Å². The Kier molecular flexibility index (Phi) is 3.84. The fourth-order valence-corrected chi connectivity index (χ4v) is 3.92. The Labute approximate surface area is 128 Å². The summed E-state index contributed by atoms with van der Waals surface area (Å²) < 4.78 is 33.7. The Morgan fingerprint density at radius 3 is 2.82 bits per heavy atom. The first-order chi connectivity index (χ1) is 10.4. The van der Waals surface area contributed by atoms with Crippen molar-refractivity contribution in [2.45, 2.75) is 11.3 Å². The zero-order valence-corrected chi connectivity index (χ0v) is 13.4. The van der Waals surface area contributed by atoms with Crippen LogP contribution < -0.4 is 10.5 Å². The molecular formula is C14H19N3O4S. The second-order valence-corrected chi connectivity index (χ2v) is 7.59. The summed E-state index contributed by atoms with van der Waals surface area (Å²) in [6.07, 6.45) is 0.992. The van der Waals surface area contributed by atoms with Crippen LogP contribution in [0.1, 0.15) is 6.42 Å². The van der Waals surface area contributed by atoms with Gasteiger partial charge in [-0.05, 0) is 38.1 Å². The molecule has 0 amide bonds. The van der Waals surface area contributed by atoms with Gasteiger partial charge in [0.25, 0.3) is 0 Å². The first-order valence-electron chi connectivity index (χ1n) is 7.14.